The lowest BCUT2D eigenvalue weighted by Crippen LogP contribution is -2.18. The molecule has 4 nitrogen and oxygen atoms in total. The van der Waals surface area contributed by atoms with Crippen LogP contribution >= 0.6 is 0 Å². The topological polar surface area (TPSA) is 62.6 Å². The van der Waals surface area contributed by atoms with Gasteiger partial charge in [-0.3, -0.25) is 0 Å². The van der Waals surface area contributed by atoms with Gasteiger partial charge in [0.2, 0.25) is 0 Å². The van der Waals surface area contributed by atoms with Crippen molar-refractivity contribution in [3.05, 3.63) is 17.5 Å². The monoisotopic (exact) mass is 259 g/mol. The highest BCUT2D eigenvalue weighted by Gasteiger charge is 2.33. The molecule has 2 N–H and O–H groups in total. The summed E-state index contributed by atoms with van der Waals surface area (Å²) in [5.41, 5.74) is -1.76. The van der Waals surface area contributed by atoms with Crippen LogP contribution in [-0.2, 0) is 6.61 Å². The molecule has 1 rings (SSSR count). The summed E-state index contributed by atoms with van der Waals surface area (Å²) in [6.45, 7) is -0.999. The number of halogens is 5. The highest BCUT2D eigenvalue weighted by Crippen LogP contribution is 2.36. The lowest BCUT2D eigenvalue weighted by atomic mass is 10.2. The van der Waals surface area contributed by atoms with Crippen LogP contribution < -0.4 is 4.74 Å². The van der Waals surface area contributed by atoms with Gasteiger partial charge in [0, 0.05) is 6.07 Å². The molecule has 0 atom stereocenters. The maximum absolute atomic E-state index is 12.3. The Morgan fingerprint density at radius 2 is 1.94 bits per heavy atom. The molecule has 0 aliphatic carbocycles. The summed E-state index contributed by atoms with van der Waals surface area (Å²) in [5, 5.41) is 17.8. The number of ether oxygens (including phenoxy) is 1. The zero-order valence-corrected chi connectivity index (χ0v) is 8.00. The summed E-state index contributed by atoms with van der Waals surface area (Å²) < 4.78 is 63.5. The van der Waals surface area contributed by atoms with Crippen molar-refractivity contribution < 1.29 is 36.9 Å². The number of aromatic hydroxyl groups is 1. The first-order valence-corrected chi connectivity index (χ1v) is 4.12. The molecule has 0 amide bonds. The first-order chi connectivity index (χ1) is 7.74. The van der Waals surface area contributed by atoms with Crippen LogP contribution in [0.1, 0.15) is 17.8 Å². The number of hydrogen-bond donors (Lipinski definition) is 2. The molecule has 0 spiro atoms. The predicted octanol–water partition coefficient (Wildman–Crippen LogP) is 2.12. The van der Waals surface area contributed by atoms with Gasteiger partial charge in [0.05, 0.1) is 6.61 Å². The quantitative estimate of drug-likeness (QED) is 0.816. The first-order valence-electron chi connectivity index (χ1n) is 4.12. The Balaban J connectivity index is 3.23. The van der Waals surface area contributed by atoms with Crippen molar-refractivity contribution in [2.75, 3.05) is 0 Å². The number of aliphatic hydroxyl groups is 1. The number of nitrogens with zero attached hydrogens (tertiary/aromatic N) is 1. The average Bonchev–Trinajstić information content (AvgIpc) is 2.18. The fourth-order valence-electron chi connectivity index (χ4n) is 1.01. The molecule has 1 aromatic rings. The minimum atomic E-state index is -5.15. The van der Waals surface area contributed by atoms with Crippen molar-refractivity contribution in [3.8, 4) is 11.5 Å². The van der Waals surface area contributed by atoms with Crippen molar-refractivity contribution in [3.63, 3.8) is 0 Å². The zero-order chi connectivity index (χ0) is 13.2. The molecule has 1 aromatic heterocycles. The Labute approximate surface area is 91.3 Å². The van der Waals surface area contributed by atoms with E-state index in [0.29, 0.717) is 0 Å². The smallest absolute Gasteiger partial charge is 0.503 e. The molecule has 0 saturated heterocycles. The largest absolute Gasteiger partial charge is 0.573 e. The molecule has 0 fully saturated rings. The SMILES string of the molecule is OCc1nc(C(F)F)cc(OC(F)(F)F)c1O. The highest BCUT2D eigenvalue weighted by atomic mass is 19.4. The summed E-state index contributed by atoms with van der Waals surface area (Å²) >= 11 is 0. The second-order valence-corrected chi connectivity index (χ2v) is 2.85. The van der Waals surface area contributed by atoms with Gasteiger partial charge < -0.3 is 14.9 Å². The standard InChI is InChI=1S/C8H6F5NO3/c9-7(10)3-1-5(17-8(11,12)13)6(16)4(2-15)14-3/h1,7,15-16H,2H2. The Kier molecular flexibility index (Phi) is 3.71. The van der Waals surface area contributed by atoms with Gasteiger partial charge in [-0.25, -0.2) is 13.8 Å². The lowest BCUT2D eigenvalue weighted by Gasteiger charge is -2.13. The molecule has 1 heterocycles. The Morgan fingerprint density at radius 1 is 1.35 bits per heavy atom. The summed E-state index contributed by atoms with van der Waals surface area (Å²) in [7, 11) is 0. The normalized spacial score (nSPS) is 11.9. The second-order valence-electron chi connectivity index (χ2n) is 2.85. The van der Waals surface area contributed by atoms with Gasteiger partial charge in [0.1, 0.15) is 11.4 Å². The molecule has 0 unspecified atom stereocenters. The van der Waals surface area contributed by atoms with Crippen LogP contribution in [0.5, 0.6) is 11.5 Å². The summed E-state index contributed by atoms with van der Waals surface area (Å²) in [5.74, 6) is -2.36. The van der Waals surface area contributed by atoms with Crippen LogP contribution in [0.4, 0.5) is 22.0 Å². The van der Waals surface area contributed by atoms with Crippen LogP contribution in [0.2, 0.25) is 0 Å². The molecule has 0 aliphatic rings. The molecule has 0 radical (unpaired) electrons. The van der Waals surface area contributed by atoms with Gasteiger partial charge in [0.25, 0.3) is 6.43 Å². The van der Waals surface area contributed by atoms with E-state index in [0.717, 1.165) is 0 Å². The van der Waals surface area contributed by atoms with E-state index >= 15 is 0 Å². The number of aromatic nitrogens is 1. The fraction of sp³-hybridized carbons (Fsp3) is 0.375. The summed E-state index contributed by atoms with van der Waals surface area (Å²) in [6, 6.07) is 0.257. The van der Waals surface area contributed by atoms with Gasteiger partial charge in [0.15, 0.2) is 11.5 Å². The van der Waals surface area contributed by atoms with Crippen molar-refractivity contribution in [2.45, 2.75) is 19.4 Å². The molecule has 0 aromatic carbocycles. The van der Waals surface area contributed by atoms with Crippen molar-refractivity contribution in [1.29, 1.82) is 0 Å². The molecule has 9 heteroatoms. The average molecular weight is 259 g/mol. The van der Waals surface area contributed by atoms with Crippen molar-refractivity contribution in [1.82, 2.24) is 4.98 Å². The number of rotatable bonds is 3. The molecule has 96 valence electrons. The second kappa shape index (κ2) is 4.70. The maximum atomic E-state index is 12.3. The van der Waals surface area contributed by atoms with Crippen LogP contribution in [0.3, 0.4) is 0 Å². The van der Waals surface area contributed by atoms with Crippen molar-refractivity contribution in [2.24, 2.45) is 0 Å². The van der Waals surface area contributed by atoms with E-state index < -0.39 is 42.3 Å². The predicted molar refractivity (Wildman–Crippen MR) is 43.5 cm³/mol. The number of aliphatic hydroxyl groups excluding tert-OH is 1. The third kappa shape index (κ3) is 3.41. The third-order valence-corrected chi connectivity index (χ3v) is 1.65. The van der Waals surface area contributed by atoms with E-state index in [1.54, 1.807) is 0 Å². The number of hydrogen-bond acceptors (Lipinski definition) is 4. The van der Waals surface area contributed by atoms with E-state index in [-0.39, 0.29) is 6.07 Å². The third-order valence-electron chi connectivity index (χ3n) is 1.65. The van der Waals surface area contributed by atoms with E-state index in [1.807, 2.05) is 0 Å². The Morgan fingerprint density at radius 3 is 2.35 bits per heavy atom. The van der Waals surface area contributed by atoms with Crippen LogP contribution in [0, 0.1) is 0 Å². The first kappa shape index (κ1) is 13.4. The van der Waals surface area contributed by atoms with Gasteiger partial charge in [-0.1, -0.05) is 0 Å². The van der Waals surface area contributed by atoms with E-state index in [2.05, 4.69) is 9.72 Å². The minimum absolute atomic E-state index is 0.257. The van der Waals surface area contributed by atoms with E-state index in [4.69, 9.17) is 10.2 Å². The maximum Gasteiger partial charge on any atom is 0.573 e. The molecule has 0 aliphatic heterocycles. The Hall–Kier alpha value is -1.64. The molecular formula is C8H6F5NO3. The highest BCUT2D eigenvalue weighted by molar-refractivity contribution is 5.43. The zero-order valence-electron chi connectivity index (χ0n) is 8.00. The van der Waals surface area contributed by atoms with Gasteiger partial charge in [-0.2, -0.15) is 0 Å². The molecule has 0 bridgehead atoms. The summed E-state index contributed by atoms with van der Waals surface area (Å²) in [6.07, 6.45) is -8.30. The molecule has 17 heavy (non-hydrogen) atoms. The van der Waals surface area contributed by atoms with Crippen LogP contribution in [0.25, 0.3) is 0 Å². The van der Waals surface area contributed by atoms with E-state index in [1.165, 1.54) is 0 Å². The fourth-order valence-corrected chi connectivity index (χ4v) is 1.01. The van der Waals surface area contributed by atoms with Crippen LogP contribution in [-0.4, -0.2) is 21.6 Å². The molecule has 0 saturated carbocycles. The number of pyridine rings is 1. The van der Waals surface area contributed by atoms with E-state index in [9.17, 15) is 22.0 Å². The van der Waals surface area contributed by atoms with Crippen LogP contribution in [0.15, 0.2) is 6.07 Å². The molecular weight excluding hydrogens is 253 g/mol. The Bertz CT molecular complexity index is 407. The number of alkyl halides is 5. The van der Waals surface area contributed by atoms with Gasteiger partial charge >= 0.3 is 6.36 Å². The van der Waals surface area contributed by atoms with Crippen molar-refractivity contribution >= 4 is 0 Å². The van der Waals surface area contributed by atoms with Gasteiger partial charge in [-0.15, -0.1) is 13.2 Å². The summed E-state index contributed by atoms with van der Waals surface area (Å²) in [4.78, 5) is 3.08. The van der Waals surface area contributed by atoms with Gasteiger partial charge in [-0.05, 0) is 0 Å². The minimum Gasteiger partial charge on any atom is -0.503 e. The lowest BCUT2D eigenvalue weighted by molar-refractivity contribution is -0.275.